The summed E-state index contributed by atoms with van der Waals surface area (Å²) in [6.45, 7) is 4.28. The van der Waals surface area contributed by atoms with Gasteiger partial charge in [0.15, 0.2) is 4.62 Å². The van der Waals surface area contributed by atoms with Gasteiger partial charge in [0.1, 0.15) is 0 Å². The number of halogens is 1. The van der Waals surface area contributed by atoms with Crippen LogP contribution in [0.25, 0.3) is 0 Å². The molecular weight excluding hydrogens is 271 g/mol. The third-order valence-electron chi connectivity index (χ3n) is 3.12. The van der Waals surface area contributed by atoms with Gasteiger partial charge in [0.05, 0.1) is 13.2 Å². The third-order valence-corrected chi connectivity index (χ3v) is 6.76. The van der Waals surface area contributed by atoms with Gasteiger partial charge in [-0.1, -0.05) is 30.3 Å². The van der Waals surface area contributed by atoms with Crippen LogP contribution in [0.4, 0.5) is 0 Å². The highest BCUT2D eigenvalue weighted by molar-refractivity contribution is 7.58. The molecule has 0 saturated heterocycles. The van der Waals surface area contributed by atoms with Crippen molar-refractivity contribution < 1.29 is 13.6 Å². The minimum Gasteiger partial charge on any atom is -0.308 e. The van der Waals surface area contributed by atoms with Gasteiger partial charge in [-0.2, -0.15) is 0 Å². The lowest BCUT2D eigenvalue weighted by molar-refractivity contribution is 0.215. The van der Waals surface area contributed by atoms with Gasteiger partial charge in [-0.25, -0.2) is 0 Å². The van der Waals surface area contributed by atoms with Crippen molar-refractivity contribution in [1.29, 1.82) is 0 Å². The second-order valence-electron chi connectivity index (χ2n) is 4.32. The first-order chi connectivity index (χ1) is 8.57. The topological polar surface area (TPSA) is 35.5 Å². The molecule has 0 heterocycles. The lowest BCUT2D eigenvalue weighted by Gasteiger charge is -2.22. The molecule has 1 aliphatic carbocycles. The zero-order valence-corrected chi connectivity index (χ0v) is 12.3. The number of hydrogen-bond acceptors (Lipinski definition) is 3. The van der Waals surface area contributed by atoms with Crippen molar-refractivity contribution in [2.24, 2.45) is 0 Å². The van der Waals surface area contributed by atoms with Gasteiger partial charge in [0.25, 0.3) is 0 Å². The normalized spacial score (nSPS) is 27.2. The summed E-state index contributed by atoms with van der Waals surface area (Å²) in [5, 5.41) is 0. The summed E-state index contributed by atoms with van der Waals surface area (Å²) >= 11 is 6.50. The Morgan fingerprint density at radius 3 is 2.33 bits per heavy atom. The van der Waals surface area contributed by atoms with Crippen molar-refractivity contribution in [1.82, 2.24) is 0 Å². The van der Waals surface area contributed by atoms with Gasteiger partial charge in [-0.3, -0.25) is 4.57 Å². The monoisotopic (exact) mass is 288 g/mol. The minimum absolute atomic E-state index is 0.0456. The van der Waals surface area contributed by atoms with Crippen molar-refractivity contribution in [3.63, 3.8) is 0 Å². The molecule has 0 aliphatic heterocycles. The molecule has 100 valence electrons. The molecule has 1 aliphatic rings. The molecule has 2 unspecified atom stereocenters. The largest absolute Gasteiger partial charge is 0.352 e. The highest BCUT2D eigenvalue weighted by atomic mass is 35.5. The second-order valence-corrected chi connectivity index (χ2v) is 7.57. The summed E-state index contributed by atoms with van der Waals surface area (Å²) in [6.07, 6.45) is 0.635. The Labute approximate surface area is 113 Å². The average Bonchev–Trinajstić information content (AvgIpc) is 3.05. The molecule has 0 bridgehead atoms. The van der Waals surface area contributed by atoms with E-state index in [2.05, 4.69) is 0 Å². The second kappa shape index (κ2) is 5.34. The zero-order valence-electron chi connectivity index (χ0n) is 10.6. The van der Waals surface area contributed by atoms with Crippen LogP contribution in [0.2, 0.25) is 0 Å². The molecule has 1 aromatic rings. The first kappa shape index (κ1) is 14.1. The highest BCUT2D eigenvalue weighted by Gasteiger charge is 2.67. The fourth-order valence-electron chi connectivity index (χ4n) is 2.18. The van der Waals surface area contributed by atoms with E-state index in [9.17, 15) is 4.57 Å². The number of benzene rings is 1. The number of hydrogen-bond donors (Lipinski definition) is 0. The van der Waals surface area contributed by atoms with Crippen LogP contribution in [-0.2, 0) is 13.6 Å². The fourth-order valence-corrected chi connectivity index (χ4v) is 4.87. The molecule has 0 amide bonds. The van der Waals surface area contributed by atoms with Crippen molar-refractivity contribution >= 4 is 19.2 Å². The molecule has 18 heavy (non-hydrogen) atoms. The average molecular weight is 289 g/mol. The summed E-state index contributed by atoms with van der Waals surface area (Å²) in [7, 11) is -3.25. The smallest absolute Gasteiger partial charge is 0.308 e. The van der Waals surface area contributed by atoms with E-state index in [1.165, 1.54) is 0 Å². The van der Waals surface area contributed by atoms with Crippen molar-refractivity contribution in [3.05, 3.63) is 35.9 Å². The van der Waals surface area contributed by atoms with E-state index in [0.717, 1.165) is 5.56 Å². The van der Waals surface area contributed by atoms with Crippen LogP contribution < -0.4 is 0 Å². The quantitative estimate of drug-likeness (QED) is 0.576. The van der Waals surface area contributed by atoms with Gasteiger partial charge in [-0.15, -0.1) is 11.6 Å². The molecular formula is C13H18ClO3P. The zero-order chi connectivity index (χ0) is 13.2. The van der Waals surface area contributed by atoms with Crippen LogP contribution in [0, 0.1) is 0 Å². The fraction of sp³-hybridized carbons (Fsp3) is 0.538. The Balaban J connectivity index is 2.21. The van der Waals surface area contributed by atoms with Gasteiger partial charge in [0.2, 0.25) is 0 Å². The van der Waals surface area contributed by atoms with Crippen molar-refractivity contribution in [3.8, 4) is 0 Å². The molecule has 0 N–H and O–H groups in total. The molecule has 0 aromatic heterocycles. The first-order valence-corrected chi connectivity index (χ1v) is 8.12. The van der Waals surface area contributed by atoms with Crippen LogP contribution in [0.15, 0.2) is 30.3 Å². The molecule has 1 saturated carbocycles. The predicted molar refractivity (Wildman–Crippen MR) is 73.2 cm³/mol. The minimum atomic E-state index is -3.25. The maximum atomic E-state index is 12.7. The molecule has 1 aromatic carbocycles. The summed E-state index contributed by atoms with van der Waals surface area (Å²) in [6, 6.07) is 9.86. The van der Waals surface area contributed by atoms with E-state index in [1.54, 1.807) is 13.8 Å². The lowest BCUT2D eigenvalue weighted by Crippen LogP contribution is -2.10. The highest BCUT2D eigenvalue weighted by Crippen LogP contribution is 2.79. The standard InChI is InChI=1S/C13H18ClO3P/c1-3-16-18(15,17-4-2)13(14)10-12(13)11-8-6-5-7-9-11/h5-9,12H,3-4,10H2,1-2H3. The Bertz CT molecular complexity index is 441. The molecule has 1 fully saturated rings. The number of alkyl halides is 1. The van der Waals surface area contributed by atoms with Crippen LogP contribution in [0.3, 0.4) is 0 Å². The predicted octanol–water partition coefficient (Wildman–Crippen LogP) is 4.38. The van der Waals surface area contributed by atoms with E-state index in [0.29, 0.717) is 19.6 Å². The van der Waals surface area contributed by atoms with E-state index in [1.807, 2.05) is 30.3 Å². The molecule has 2 atom stereocenters. The van der Waals surface area contributed by atoms with E-state index in [-0.39, 0.29) is 5.92 Å². The Morgan fingerprint density at radius 1 is 1.28 bits per heavy atom. The van der Waals surface area contributed by atoms with Gasteiger partial charge in [0, 0.05) is 5.92 Å². The number of rotatable bonds is 6. The van der Waals surface area contributed by atoms with Gasteiger partial charge < -0.3 is 9.05 Å². The van der Waals surface area contributed by atoms with E-state index >= 15 is 0 Å². The van der Waals surface area contributed by atoms with Crippen LogP contribution >= 0.6 is 19.2 Å². The van der Waals surface area contributed by atoms with Crippen molar-refractivity contribution in [2.45, 2.75) is 30.8 Å². The summed E-state index contributed by atoms with van der Waals surface area (Å²) in [5.41, 5.74) is 1.09. The van der Waals surface area contributed by atoms with E-state index in [4.69, 9.17) is 20.6 Å². The van der Waals surface area contributed by atoms with Gasteiger partial charge >= 0.3 is 7.60 Å². The molecule has 0 spiro atoms. The van der Waals surface area contributed by atoms with E-state index < -0.39 is 12.2 Å². The Kier molecular flexibility index (Phi) is 4.18. The van der Waals surface area contributed by atoms with Gasteiger partial charge in [-0.05, 0) is 25.8 Å². The van der Waals surface area contributed by atoms with Crippen LogP contribution in [-0.4, -0.2) is 17.8 Å². The Morgan fingerprint density at radius 2 is 1.83 bits per heavy atom. The summed E-state index contributed by atoms with van der Waals surface area (Å²) < 4.78 is 22.5. The first-order valence-electron chi connectivity index (χ1n) is 6.20. The Hall–Kier alpha value is -0.340. The lowest BCUT2D eigenvalue weighted by atomic mass is 10.1. The summed E-state index contributed by atoms with van der Waals surface area (Å²) in [5.74, 6) is 0.0456. The summed E-state index contributed by atoms with van der Waals surface area (Å²) in [4.78, 5) is 0. The molecule has 2 rings (SSSR count). The maximum absolute atomic E-state index is 12.7. The molecule has 0 radical (unpaired) electrons. The van der Waals surface area contributed by atoms with Crippen molar-refractivity contribution in [2.75, 3.05) is 13.2 Å². The molecule has 3 nitrogen and oxygen atoms in total. The van der Waals surface area contributed by atoms with Crippen LogP contribution in [0.1, 0.15) is 31.7 Å². The molecule has 5 heteroatoms. The SMILES string of the molecule is CCOP(=O)(OCC)C1(Cl)CC1c1ccccc1. The van der Waals surface area contributed by atoms with Crippen LogP contribution in [0.5, 0.6) is 0 Å². The third kappa shape index (κ3) is 2.37. The maximum Gasteiger partial charge on any atom is 0.352 e.